The molecule has 1 fully saturated rings. The van der Waals surface area contributed by atoms with Gasteiger partial charge in [0.1, 0.15) is 5.69 Å². The molecule has 6 heteroatoms. The summed E-state index contributed by atoms with van der Waals surface area (Å²) in [7, 11) is 0. The first-order valence-electron chi connectivity index (χ1n) is 8.88. The summed E-state index contributed by atoms with van der Waals surface area (Å²) < 4.78 is 0. The summed E-state index contributed by atoms with van der Waals surface area (Å²) in [5.74, 6) is 0. The molecule has 0 bridgehead atoms. The van der Waals surface area contributed by atoms with Gasteiger partial charge in [0.05, 0.1) is 16.6 Å². The third-order valence-electron chi connectivity index (χ3n) is 4.68. The van der Waals surface area contributed by atoms with Crippen LogP contribution in [0, 0.1) is 21.4 Å². The molecule has 1 aliphatic heterocycles. The van der Waals surface area contributed by atoms with E-state index in [4.69, 9.17) is 5.26 Å². The van der Waals surface area contributed by atoms with Crippen LogP contribution in [0.25, 0.3) is 0 Å². The van der Waals surface area contributed by atoms with Gasteiger partial charge in [-0.05, 0) is 49.2 Å². The van der Waals surface area contributed by atoms with Crippen LogP contribution in [-0.4, -0.2) is 22.9 Å². The van der Waals surface area contributed by atoms with E-state index in [0.717, 1.165) is 12.1 Å². The van der Waals surface area contributed by atoms with E-state index in [2.05, 4.69) is 22.3 Å². The van der Waals surface area contributed by atoms with Gasteiger partial charge in [0.2, 0.25) is 0 Å². The van der Waals surface area contributed by atoms with Gasteiger partial charge in [0, 0.05) is 19.2 Å². The van der Waals surface area contributed by atoms with Crippen LogP contribution in [0.1, 0.15) is 36.0 Å². The predicted octanol–water partition coefficient (Wildman–Crippen LogP) is 4.06. The van der Waals surface area contributed by atoms with E-state index >= 15 is 0 Å². The van der Waals surface area contributed by atoms with E-state index in [9.17, 15) is 10.1 Å². The normalized spacial score (nSPS) is 14.6. The average Bonchev–Trinajstić information content (AvgIpc) is 2.68. The number of benzene rings is 2. The van der Waals surface area contributed by atoms with Crippen LogP contribution in [0.2, 0.25) is 0 Å². The largest absolute Gasteiger partial charge is 0.375 e. The Bertz CT molecular complexity index is 806. The van der Waals surface area contributed by atoms with Gasteiger partial charge in [-0.3, -0.25) is 15.0 Å². The van der Waals surface area contributed by atoms with Gasteiger partial charge < -0.3 is 5.32 Å². The van der Waals surface area contributed by atoms with Gasteiger partial charge in [0.25, 0.3) is 5.69 Å². The molecule has 0 unspecified atom stereocenters. The zero-order valence-electron chi connectivity index (χ0n) is 14.6. The SMILES string of the molecule is N#Cc1ccc([N+](=O)[O-])c(NCc2ccc(CN3CCCCC3)cc2)c1. The minimum absolute atomic E-state index is 0.0225. The molecule has 1 heterocycles. The molecule has 2 aromatic carbocycles. The van der Waals surface area contributed by atoms with Crippen molar-refractivity contribution in [1.82, 2.24) is 4.90 Å². The summed E-state index contributed by atoms with van der Waals surface area (Å²) in [6.07, 6.45) is 3.89. The standard InChI is InChI=1S/C20H22N4O2/c21-13-18-8-9-20(24(25)26)19(12-18)22-14-16-4-6-17(7-5-16)15-23-10-2-1-3-11-23/h4-9,12,22H,1-3,10-11,14-15H2. The number of nitriles is 1. The first-order chi connectivity index (χ1) is 12.7. The van der Waals surface area contributed by atoms with Gasteiger partial charge in [0.15, 0.2) is 0 Å². The van der Waals surface area contributed by atoms with Gasteiger partial charge in [-0.25, -0.2) is 0 Å². The van der Waals surface area contributed by atoms with Crippen molar-refractivity contribution in [2.75, 3.05) is 18.4 Å². The molecule has 3 rings (SSSR count). The van der Waals surface area contributed by atoms with Crippen molar-refractivity contribution in [3.05, 3.63) is 69.3 Å². The molecule has 0 radical (unpaired) electrons. The van der Waals surface area contributed by atoms with Crippen molar-refractivity contribution in [2.45, 2.75) is 32.4 Å². The molecule has 2 aromatic rings. The highest BCUT2D eigenvalue weighted by atomic mass is 16.6. The van der Waals surface area contributed by atoms with E-state index in [-0.39, 0.29) is 5.69 Å². The predicted molar refractivity (Wildman–Crippen MR) is 101 cm³/mol. The Morgan fingerprint density at radius 1 is 1.08 bits per heavy atom. The molecule has 1 saturated heterocycles. The van der Waals surface area contributed by atoms with Gasteiger partial charge in [-0.1, -0.05) is 30.7 Å². The van der Waals surface area contributed by atoms with Crippen molar-refractivity contribution in [3.8, 4) is 6.07 Å². The second-order valence-corrected chi connectivity index (χ2v) is 6.61. The van der Waals surface area contributed by atoms with E-state index in [1.807, 2.05) is 18.2 Å². The number of piperidine rings is 1. The van der Waals surface area contributed by atoms with E-state index in [0.29, 0.717) is 17.8 Å². The summed E-state index contributed by atoms with van der Waals surface area (Å²) in [6, 6.07) is 14.7. The fourth-order valence-electron chi connectivity index (χ4n) is 3.24. The molecule has 0 amide bonds. The van der Waals surface area contributed by atoms with Gasteiger partial charge in [-0.2, -0.15) is 5.26 Å². The highest BCUT2D eigenvalue weighted by Crippen LogP contribution is 2.26. The summed E-state index contributed by atoms with van der Waals surface area (Å²) >= 11 is 0. The number of rotatable bonds is 6. The molecule has 0 aliphatic carbocycles. The van der Waals surface area contributed by atoms with Crippen molar-refractivity contribution in [2.24, 2.45) is 0 Å². The van der Waals surface area contributed by atoms with Crippen LogP contribution in [0.5, 0.6) is 0 Å². The molecule has 0 aromatic heterocycles. The zero-order valence-corrected chi connectivity index (χ0v) is 14.6. The van der Waals surface area contributed by atoms with Crippen LogP contribution in [0.3, 0.4) is 0 Å². The van der Waals surface area contributed by atoms with Gasteiger partial charge >= 0.3 is 0 Å². The van der Waals surface area contributed by atoms with Crippen LogP contribution in [0.15, 0.2) is 42.5 Å². The Balaban J connectivity index is 1.63. The highest BCUT2D eigenvalue weighted by Gasteiger charge is 2.14. The molecule has 6 nitrogen and oxygen atoms in total. The molecule has 0 spiro atoms. The summed E-state index contributed by atoms with van der Waals surface area (Å²) in [5.41, 5.74) is 3.07. The second-order valence-electron chi connectivity index (χ2n) is 6.61. The Morgan fingerprint density at radius 3 is 2.42 bits per heavy atom. The number of hydrogen-bond acceptors (Lipinski definition) is 5. The number of likely N-dealkylation sites (tertiary alicyclic amines) is 1. The Morgan fingerprint density at radius 2 is 1.77 bits per heavy atom. The average molecular weight is 350 g/mol. The molecular formula is C20H22N4O2. The first kappa shape index (κ1) is 17.9. The Kier molecular flexibility index (Phi) is 5.82. The highest BCUT2D eigenvalue weighted by molar-refractivity contribution is 5.64. The summed E-state index contributed by atoms with van der Waals surface area (Å²) in [5, 5.41) is 23.2. The molecule has 134 valence electrons. The summed E-state index contributed by atoms with van der Waals surface area (Å²) in [4.78, 5) is 13.2. The van der Waals surface area contributed by atoms with Crippen molar-refractivity contribution < 1.29 is 4.92 Å². The maximum atomic E-state index is 11.1. The topological polar surface area (TPSA) is 82.2 Å². The quantitative estimate of drug-likeness (QED) is 0.627. The number of nitrogens with zero attached hydrogens (tertiary/aromatic N) is 3. The molecule has 1 N–H and O–H groups in total. The third kappa shape index (κ3) is 4.58. The lowest BCUT2D eigenvalue weighted by atomic mass is 10.1. The molecule has 0 saturated carbocycles. The van der Waals surface area contributed by atoms with Gasteiger partial charge in [-0.15, -0.1) is 0 Å². The lowest BCUT2D eigenvalue weighted by Crippen LogP contribution is -2.29. The molecule has 1 aliphatic rings. The number of hydrogen-bond donors (Lipinski definition) is 1. The zero-order chi connectivity index (χ0) is 18.4. The van der Waals surface area contributed by atoms with E-state index < -0.39 is 4.92 Å². The summed E-state index contributed by atoms with van der Waals surface area (Å²) in [6.45, 7) is 3.79. The number of nitrogens with one attached hydrogen (secondary N) is 1. The van der Waals surface area contributed by atoms with Crippen molar-refractivity contribution in [3.63, 3.8) is 0 Å². The molecule has 0 atom stereocenters. The van der Waals surface area contributed by atoms with E-state index in [1.165, 1.54) is 56.1 Å². The minimum atomic E-state index is -0.439. The lowest BCUT2D eigenvalue weighted by molar-refractivity contribution is -0.384. The number of nitro benzene ring substituents is 1. The third-order valence-corrected chi connectivity index (χ3v) is 4.68. The van der Waals surface area contributed by atoms with Crippen LogP contribution >= 0.6 is 0 Å². The maximum absolute atomic E-state index is 11.1. The van der Waals surface area contributed by atoms with Crippen LogP contribution in [-0.2, 0) is 13.1 Å². The van der Waals surface area contributed by atoms with Crippen LogP contribution < -0.4 is 5.32 Å². The molecule has 26 heavy (non-hydrogen) atoms. The van der Waals surface area contributed by atoms with Crippen LogP contribution in [0.4, 0.5) is 11.4 Å². The van der Waals surface area contributed by atoms with Crippen molar-refractivity contribution in [1.29, 1.82) is 5.26 Å². The second kappa shape index (κ2) is 8.45. The number of anilines is 1. The fraction of sp³-hybridized carbons (Fsp3) is 0.350. The maximum Gasteiger partial charge on any atom is 0.292 e. The molecular weight excluding hydrogens is 328 g/mol. The monoisotopic (exact) mass is 350 g/mol. The van der Waals surface area contributed by atoms with E-state index in [1.54, 1.807) is 0 Å². The fourth-order valence-corrected chi connectivity index (χ4v) is 3.24. The Labute approximate surface area is 153 Å². The minimum Gasteiger partial charge on any atom is -0.375 e. The lowest BCUT2D eigenvalue weighted by Gasteiger charge is -2.26. The number of nitro groups is 1. The van der Waals surface area contributed by atoms with Crippen molar-refractivity contribution >= 4 is 11.4 Å². The smallest absolute Gasteiger partial charge is 0.292 e. The first-order valence-corrected chi connectivity index (χ1v) is 8.88. The Hall–Kier alpha value is -2.91.